The number of hydrogen-bond acceptors (Lipinski definition) is 3. The van der Waals surface area contributed by atoms with Gasteiger partial charge in [0.2, 0.25) is 0 Å². The maximum atomic E-state index is 5.99. The van der Waals surface area contributed by atoms with Gasteiger partial charge in [0, 0.05) is 10.0 Å². The van der Waals surface area contributed by atoms with Gasteiger partial charge >= 0.3 is 0 Å². The zero-order valence-corrected chi connectivity index (χ0v) is 15.1. The van der Waals surface area contributed by atoms with Gasteiger partial charge in [0.15, 0.2) is 0 Å². The molecule has 0 spiro atoms. The normalized spacial score (nSPS) is 10.6. The summed E-state index contributed by atoms with van der Waals surface area (Å²) in [5.41, 5.74) is 0. The van der Waals surface area contributed by atoms with Crippen LogP contribution in [0.5, 0.6) is 11.5 Å². The molecule has 0 saturated carbocycles. The summed E-state index contributed by atoms with van der Waals surface area (Å²) >= 11 is 23.6. The molecule has 0 aliphatic carbocycles. The van der Waals surface area contributed by atoms with Crippen molar-refractivity contribution < 1.29 is 14.2 Å². The molecule has 2 aromatic carbocycles. The Morgan fingerprint density at radius 1 is 0.609 bits per heavy atom. The second-order valence-corrected chi connectivity index (χ2v) is 6.15. The Balaban J connectivity index is 1.61. The second kappa shape index (κ2) is 9.45. The molecule has 2 rings (SSSR count). The zero-order chi connectivity index (χ0) is 16.7. The first-order valence-electron chi connectivity index (χ1n) is 6.79. The molecule has 3 nitrogen and oxygen atoms in total. The van der Waals surface area contributed by atoms with Crippen molar-refractivity contribution in [1.29, 1.82) is 0 Å². The number of halogens is 4. The van der Waals surface area contributed by atoms with Crippen molar-refractivity contribution in [3.8, 4) is 11.5 Å². The van der Waals surface area contributed by atoms with Crippen molar-refractivity contribution in [1.82, 2.24) is 0 Å². The van der Waals surface area contributed by atoms with Crippen molar-refractivity contribution in [2.24, 2.45) is 0 Å². The molecule has 0 radical (unpaired) electrons. The first kappa shape index (κ1) is 18.5. The van der Waals surface area contributed by atoms with Crippen molar-refractivity contribution in [2.45, 2.75) is 0 Å². The molecule has 0 aliphatic heterocycles. The van der Waals surface area contributed by atoms with E-state index in [1.807, 2.05) is 0 Å². The van der Waals surface area contributed by atoms with Gasteiger partial charge in [-0.2, -0.15) is 0 Å². The average molecular weight is 396 g/mol. The van der Waals surface area contributed by atoms with E-state index in [2.05, 4.69) is 0 Å². The first-order valence-corrected chi connectivity index (χ1v) is 8.31. The van der Waals surface area contributed by atoms with Crippen molar-refractivity contribution >= 4 is 46.4 Å². The summed E-state index contributed by atoms with van der Waals surface area (Å²) in [6.45, 7) is 1.58. The minimum atomic E-state index is 0.378. The molecule has 0 amide bonds. The van der Waals surface area contributed by atoms with Crippen molar-refractivity contribution in [3.05, 3.63) is 56.5 Å². The van der Waals surface area contributed by atoms with Crippen LogP contribution in [0.3, 0.4) is 0 Å². The number of hydrogen-bond donors (Lipinski definition) is 0. The molecule has 0 atom stereocenters. The van der Waals surface area contributed by atoms with Crippen LogP contribution in [0.4, 0.5) is 0 Å². The number of benzene rings is 2. The molecule has 0 heterocycles. The zero-order valence-electron chi connectivity index (χ0n) is 12.0. The van der Waals surface area contributed by atoms with Crippen LogP contribution in [0.1, 0.15) is 0 Å². The van der Waals surface area contributed by atoms with Crippen LogP contribution in [0.2, 0.25) is 20.1 Å². The largest absolute Gasteiger partial charge is 0.490 e. The maximum Gasteiger partial charge on any atom is 0.138 e. The van der Waals surface area contributed by atoms with Crippen LogP contribution >= 0.6 is 46.4 Å². The molecule has 124 valence electrons. The molecule has 0 saturated heterocycles. The molecule has 0 unspecified atom stereocenters. The van der Waals surface area contributed by atoms with Gasteiger partial charge in [-0.25, -0.2) is 0 Å². The lowest BCUT2D eigenvalue weighted by Crippen LogP contribution is -2.12. The van der Waals surface area contributed by atoms with Gasteiger partial charge in [0.25, 0.3) is 0 Å². The van der Waals surface area contributed by atoms with Crippen LogP contribution < -0.4 is 9.47 Å². The van der Waals surface area contributed by atoms with E-state index in [9.17, 15) is 0 Å². The summed E-state index contributed by atoms with van der Waals surface area (Å²) in [5.74, 6) is 1.15. The van der Waals surface area contributed by atoms with Gasteiger partial charge < -0.3 is 14.2 Å². The highest BCUT2D eigenvalue weighted by atomic mass is 35.5. The van der Waals surface area contributed by atoms with E-state index < -0.39 is 0 Å². The van der Waals surface area contributed by atoms with E-state index in [1.165, 1.54) is 0 Å². The molecule has 0 fully saturated rings. The van der Waals surface area contributed by atoms with E-state index >= 15 is 0 Å². The minimum absolute atomic E-state index is 0.378. The standard InChI is InChI=1S/C16H14Cl4O3/c17-11-1-3-15(13(19)9-11)22-7-5-21-6-8-23-16-4-2-12(18)10-14(16)20/h1-4,9-10H,5-8H2. The molecule has 0 bridgehead atoms. The third kappa shape index (κ3) is 6.28. The van der Waals surface area contributed by atoms with E-state index in [0.29, 0.717) is 58.0 Å². The van der Waals surface area contributed by atoms with Crippen LogP contribution in [-0.2, 0) is 4.74 Å². The molecule has 0 aromatic heterocycles. The highest BCUT2D eigenvalue weighted by Gasteiger charge is 2.03. The Labute approximate surface area is 155 Å². The summed E-state index contributed by atoms with van der Waals surface area (Å²) in [7, 11) is 0. The lowest BCUT2D eigenvalue weighted by Gasteiger charge is -2.10. The molecule has 7 heteroatoms. The van der Waals surface area contributed by atoms with Crippen LogP contribution in [-0.4, -0.2) is 26.4 Å². The predicted molar refractivity (Wildman–Crippen MR) is 94.7 cm³/mol. The Kier molecular flexibility index (Phi) is 7.60. The molecule has 0 aliphatic rings. The third-order valence-corrected chi connectivity index (χ3v) is 3.82. The maximum absolute atomic E-state index is 5.99. The molecular formula is C16H14Cl4O3. The number of rotatable bonds is 8. The Hall–Kier alpha value is -0.840. The predicted octanol–water partition coefficient (Wildman–Crippen LogP) is 5.77. The SMILES string of the molecule is Clc1ccc(OCCOCCOc2ccc(Cl)cc2Cl)c(Cl)c1. The van der Waals surface area contributed by atoms with E-state index in [0.717, 1.165) is 0 Å². The Morgan fingerprint density at radius 3 is 1.43 bits per heavy atom. The lowest BCUT2D eigenvalue weighted by molar-refractivity contribution is 0.0765. The molecule has 2 aromatic rings. The van der Waals surface area contributed by atoms with Gasteiger partial charge in [-0.1, -0.05) is 46.4 Å². The minimum Gasteiger partial charge on any atom is -0.490 e. The van der Waals surface area contributed by atoms with Gasteiger partial charge in [-0.05, 0) is 36.4 Å². The summed E-state index contributed by atoms with van der Waals surface area (Å²) in [5, 5.41) is 2.07. The van der Waals surface area contributed by atoms with Gasteiger partial charge in [-0.3, -0.25) is 0 Å². The highest BCUT2D eigenvalue weighted by Crippen LogP contribution is 2.28. The lowest BCUT2D eigenvalue weighted by atomic mass is 10.3. The van der Waals surface area contributed by atoms with Crippen LogP contribution in [0.25, 0.3) is 0 Å². The molecular weight excluding hydrogens is 382 g/mol. The number of ether oxygens (including phenoxy) is 3. The Bertz CT molecular complexity index is 594. The molecule has 0 N–H and O–H groups in total. The van der Waals surface area contributed by atoms with Gasteiger partial charge in [0.1, 0.15) is 24.7 Å². The fourth-order valence-electron chi connectivity index (χ4n) is 1.71. The fourth-order valence-corrected chi connectivity index (χ4v) is 2.63. The smallest absolute Gasteiger partial charge is 0.138 e. The van der Waals surface area contributed by atoms with Crippen molar-refractivity contribution in [3.63, 3.8) is 0 Å². The van der Waals surface area contributed by atoms with E-state index in [-0.39, 0.29) is 0 Å². The first-order chi connectivity index (χ1) is 11.1. The average Bonchev–Trinajstić information content (AvgIpc) is 2.50. The topological polar surface area (TPSA) is 27.7 Å². The quantitative estimate of drug-likeness (QED) is 0.530. The summed E-state index contributed by atoms with van der Waals surface area (Å²) in [6, 6.07) is 10.1. The van der Waals surface area contributed by atoms with Crippen LogP contribution in [0, 0.1) is 0 Å². The second-order valence-electron chi connectivity index (χ2n) is 4.46. The summed E-state index contributed by atoms with van der Waals surface area (Å²) in [4.78, 5) is 0. The Morgan fingerprint density at radius 2 is 1.04 bits per heavy atom. The summed E-state index contributed by atoms with van der Waals surface area (Å²) in [6.07, 6.45) is 0. The monoisotopic (exact) mass is 394 g/mol. The van der Waals surface area contributed by atoms with Gasteiger partial charge in [-0.15, -0.1) is 0 Å². The van der Waals surface area contributed by atoms with Crippen molar-refractivity contribution in [2.75, 3.05) is 26.4 Å². The fraction of sp³-hybridized carbons (Fsp3) is 0.250. The third-order valence-electron chi connectivity index (χ3n) is 2.76. The summed E-state index contributed by atoms with van der Waals surface area (Å²) < 4.78 is 16.4. The van der Waals surface area contributed by atoms with E-state index in [1.54, 1.807) is 36.4 Å². The highest BCUT2D eigenvalue weighted by molar-refractivity contribution is 6.36. The van der Waals surface area contributed by atoms with Gasteiger partial charge in [0.05, 0.1) is 23.3 Å². The van der Waals surface area contributed by atoms with Crippen LogP contribution in [0.15, 0.2) is 36.4 Å². The van der Waals surface area contributed by atoms with E-state index in [4.69, 9.17) is 60.6 Å². The molecule has 23 heavy (non-hydrogen) atoms.